The second kappa shape index (κ2) is 6.39. The molecule has 0 unspecified atom stereocenters. The number of benzene rings is 1. The number of aromatic amines is 1. The Bertz CT molecular complexity index is 818. The number of H-pyrrole nitrogens is 1. The third kappa shape index (κ3) is 3.42. The second-order valence-electron chi connectivity index (χ2n) is 4.65. The summed E-state index contributed by atoms with van der Waals surface area (Å²) in [6, 6.07) is 8.18. The van der Waals surface area contributed by atoms with Gasteiger partial charge in [-0.05, 0) is 18.2 Å². The molecular formula is C15H12F2N4O2. The molecular weight excluding hydrogens is 306 g/mol. The topological polar surface area (TPSA) is 79.9 Å². The van der Waals surface area contributed by atoms with Gasteiger partial charge in [-0.2, -0.15) is 0 Å². The molecule has 0 saturated heterocycles. The van der Waals surface area contributed by atoms with E-state index in [1.165, 1.54) is 24.7 Å². The predicted molar refractivity (Wildman–Crippen MR) is 79.8 cm³/mol. The van der Waals surface area contributed by atoms with Crippen molar-refractivity contribution in [3.8, 4) is 5.88 Å². The van der Waals surface area contributed by atoms with Crippen LogP contribution < -0.4 is 10.1 Å². The average molecular weight is 318 g/mol. The van der Waals surface area contributed by atoms with Gasteiger partial charge in [0.15, 0.2) is 6.61 Å². The number of carbonyl (C=O) groups excluding carboxylic acids is 1. The molecule has 23 heavy (non-hydrogen) atoms. The van der Waals surface area contributed by atoms with Gasteiger partial charge < -0.3 is 15.0 Å². The molecule has 1 aromatic carbocycles. The van der Waals surface area contributed by atoms with Gasteiger partial charge in [-0.25, -0.2) is 18.7 Å². The summed E-state index contributed by atoms with van der Waals surface area (Å²) in [5, 5.41) is 2.73. The van der Waals surface area contributed by atoms with Crippen molar-refractivity contribution in [3.63, 3.8) is 0 Å². The number of ether oxygens (including phenoxy) is 1. The first-order valence-corrected chi connectivity index (χ1v) is 6.74. The van der Waals surface area contributed by atoms with E-state index >= 15 is 0 Å². The van der Waals surface area contributed by atoms with E-state index in [1.807, 2.05) is 6.07 Å². The van der Waals surface area contributed by atoms with Crippen molar-refractivity contribution in [3.05, 3.63) is 48.4 Å². The number of anilines is 1. The number of para-hydroxylation sites is 1. The van der Waals surface area contributed by atoms with Gasteiger partial charge in [0.25, 0.3) is 12.3 Å². The fourth-order valence-corrected chi connectivity index (χ4v) is 2.01. The zero-order chi connectivity index (χ0) is 16.2. The molecule has 0 aliphatic heterocycles. The summed E-state index contributed by atoms with van der Waals surface area (Å²) in [6.07, 6.45) is 0.229. The first kappa shape index (κ1) is 14.9. The summed E-state index contributed by atoms with van der Waals surface area (Å²) < 4.78 is 28.9. The molecule has 0 spiro atoms. The summed E-state index contributed by atoms with van der Waals surface area (Å²) in [7, 11) is 0. The molecule has 2 heterocycles. The van der Waals surface area contributed by atoms with E-state index in [1.54, 1.807) is 12.1 Å². The van der Waals surface area contributed by atoms with Crippen LogP contribution in [0.3, 0.4) is 0 Å². The average Bonchev–Trinajstić information content (AvgIpc) is 3.03. The third-order valence-electron chi connectivity index (χ3n) is 3.05. The van der Waals surface area contributed by atoms with Crippen molar-refractivity contribution >= 4 is 22.6 Å². The summed E-state index contributed by atoms with van der Waals surface area (Å²) in [5.74, 6) is -0.343. The van der Waals surface area contributed by atoms with Crippen molar-refractivity contribution < 1.29 is 18.3 Å². The molecule has 0 aliphatic carbocycles. The van der Waals surface area contributed by atoms with Crippen LogP contribution in [0.15, 0.2) is 42.9 Å². The van der Waals surface area contributed by atoms with Gasteiger partial charge in [0.1, 0.15) is 5.52 Å². The SMILES string of the molecule is O=C(Nc1cccc2[nH]cnc12)c1ccc(OCC(F)F)nc1. The van der Waals surface area contributed by atoms with Gasteiger partial charge in [-0.15, -0.1) is 0 Å². The number of hydrogen-bond acceptors (Lipinski definition) is 4. The smallest absolute Gasteiger partial charge is 0.272 e. The number of carbonyl (C=O) groups is 1. The normalized spacial score (nSPS) is 10.9. The fourth-order valence-electron chi connectivity index (χ4n) is 2.01. The maximum atomic E-state index is 12.2. The van der Waals surface area contributed by atoms with E-state index in [0.717, 1.165) is 5.52 Å². The zero-order valence-corrected chi connectivity index (χ0v) is 11.8. The number of halogens is 2. The van der Waals surface area contributed by atoms with E-state index in [-0.39, 0.29) is 17.4 Å². The maximum Gasteiger partial charge on any atom is 0.272 e. The van der Waals surface area contributed by atoms with E-state index in [0.29, 0.717) is 11.2 Å². The largest absolute Gasteiger partial charge is 0.472 e. The zero-order valence-electron chi connectivity index (χ0n) is 11.8. The molecule has 0 atom stereocenters. The number of aromatic nitrogens is 3. The van der Waals surface area contributed by atoms with Gasteiger partial charge in [-0.3, -0.25) is 4.79 Å². The van der Waals surface area contributed by atoms with Crippen LogP contribution in [0.4, 0.5) is 14.5 Å². The van der Waals surface area contributed by atoms with Crippen LogP contribution >= 0.6 is 0 Å². The summed E-state index contributed by atoms with van der Waals surface area (Å²) >= 11 is 0. The summed E-state index contributed by atoms with van der Waals surface area (Å²) in [5.41, 5.74) is 2.29. The van der Waals surface area contributed by atoms with Gasteiger partial charge in [0.05, 0.1) is 23.1 Å². The van der Waals surface area contributed by atoms with Crippen LogP contribution in [0.5, 0.6) is 5.88 Å². The van der Waals surface area contributed by atoms with Crippen molar-refractivity contribution in [1.82, 2.24) is 15.0 Å². The lowest BCUT2D eigenvalue weighted by molar-refractivity contribution is 0.0795. The van der Waals surface area contributed by atoms with Crippen LogP contribution in [-0.4, -0.2) is 33.9 Å². The number of imidazole rings is 1. The molecule has 0 aliphatic rings. The molecule has 0 radical (unpaired) electrons. The molecule has 3 aromatic rings. The Morgan fingerprint density at radius 1 is 1.26 bits per heavy atom. The number of pyridine rings is 1. The monoisotopic (exact) mass is 318 g/mol. The second-order valence-corrected chi connectivity index (χ2v) is 4.65. The van der Waals surface area contributed by atoms with Crippen molar-refractivity contribution in [1.29, 1.82) is 0 Å². The number of nitrogens with one attached hydrogen (secondary N) is 2. The minimum absolute atomic E-state index is 0.0382. The van der Waals surface area contributed by atoms with Gasteiger partial charge in [0.2, 0.25) is 5.88 Å². The van der Waals surface area contributed by atoms with Crippen LogP contribution in [0.2, 0.25) is 0 Å². The van der Waals surface area contributed by atoms with Gasteiger partial charge in [0, 0.05) is 12.3 Å². The third-order valence-corrected chi connectivity index (χ3v) is 3.05. The number of amides is 1. The Labute approximate surface area is 129 Å². The molecule has 2 aromatic heterocycles. The molecule has 118 valence electrons. The maximum absolute atomic E-state index is 12.2. The highest BCUT2D eigenvalue weighted by Crippen LogP contribution is 2.20. The molecule has 0 bridgehead atoms. The molecule has 0 saturated carbocycles. The molecule has 3 rings (SSSR count). The highest BCUT2D eigenvalue weighted by molar-refractivity contribution is 6.07. The number of rotatable bonds is 5. The molecule has 2 N–H and O–H groups in total. The lowest BCUT2D eigenvalue weighted by Gasteiger charge is -2.07. The standard InChI is InChI=1S/C15H12F2N4O2/c16-12(17)7-23-13-5-4-9(6-18-13)15(22)21-11-3-1-2-10-14(11)20-8-19-10/h1-6,8,12H,7H2,(H,19,20)(H,21,22). The summed E-state index contributed by atoms with van der Waals surface area (Å²) in [6.45, 7) is -0.736. The van der Waals surface area contributed by atoms with Crippen LogP contribution in [0.1, 0.15) is 10.4 Å². The first-order valence-electron chi connectivity index (χ1n) is 6.74. The molecule has 8 heteroatoms. The Morgan fingerprint density at radius 2 is 2.13 bits per heavy atom. The Hall–Kier alpha value is -3.03. The number of alkyl halides is 2. The summed E-state index contributed by atoms with van der Waals surface area (Å²) in [4.78, 5) is 23.1. The van der Waals surface area contributed by atoms with Crippen molar-refractivity contribution in [2.75, 3.05) is 11.9 Å². The predicted octanol–water partition coefficient (Wildman–Crippen LogP) is 2.85. The van der Waals surface area contributed by atoms with Crippen molar-refractivity contribution in [2.24, 2.45) is 0 Å². The number of nitrogens with zero attached hydrogens (tertiary/aromatic N) is 2. The highest BCUT2D eigenvalue weighted by Gasteiger charge is 2.11. The van der Waals surface area contributed by atoms with Crippen LogP contribution in [-0.2, 0) is 0 Å². The quantitative estimate of drug-likeness (QED) is 0.758. The van der Waals surface area contributed by atoms with Crippen LogP contribution in [0.25, 0.3) is 11.0 Å². The number of hydrogen-bond donors (Lipinski definition) is 2. The number of fused-ring (bicyclic) bond motifs is 1. The fraction of sp³-hybridized carbons (Fsp3) is 0.133. The van der Waals surface area contributed by atoms with E-state index in [9.17, 15) is 13.6 Å². The lowest BCUT2D eigenvalue weighted by Crippen LogP contribution is -2.13. The Kier molecular flexibility index (Phi) is 4.13. The molecule has 6 nitrogen and oxygen atoms in total. The first-order chi connectivity index (χ1) is 11.1. The van der Waals surface area contributed by atoms with Crippen molar-refractivity contribution in [2.45, 2.75) is 6.43 Å². The minimum atomic E-state index is -2.57. The Balaban J connectivity index is 1.72. The lowest BCUT2D eigenvalue weighted by atomic mass is 10.2. The van der Waals surface area contributed by atoms with E-state index in [4.69, 9.17) is 4.74 Å². The minimum Gasteiger partial charge on any atom is -0.472 e. The van der Waals surface area contributed by atoms with Crippen LogP contribution in [0, 0.1) is 0 Å². The molecule has 1 amide bonds. The van der Waals surface area contributed by atoms with Gasteiger partial charge >= 0.3 is 0 Å². The Morgan fingerprint density at radius 3 is 2.87 bits per heavy atom. The van der Waals surface area contributed by atoms with E-state index in [2.05, 4.69) is 20.3 Å². The van der Waals surface area contributed by atoms with Gasteiger partial charge in [-0.1, -0.05) is 6.07 Å². The highest BCUT2D eigenvalue weighted by atomic mass is 19.3. The van der Waals surface area contributed by atoms with E-state index < -0.39 is 13.0 Å². The molecule has 0 fully saturated rings.